The zero-order valence-electron chi connectivity index (χ0n) is 12.2. The maximum atomic E-state index is 13.8. The number of hydrogen-bond acceptors (Lipinski definition) is 3. The highest BCUT2D eigenvalue weighted by atomic mass is 32.1. The third-order valence-corrected chi connectivity index (χ3v) is 4.52. The van der Waals surface area contributed by atoms with Crippen LogP contribution in [0.2, 0.25) is 0 Å². The zero-order chi connectivity index (χ0) is 17.4. The van der Waals surface area contributed by atoms with Crippen molar-refractivity contribution in [3.8, 4) is 0 Å². The number of halogens is 5. The molecule has 24 heavy (non-hydrogen) atoms. The zero-order valence-corrected chi connectivity index (χ0v) is 13.0. The van der Waals surface area contributed by atoms with Gasteiger partial charge in [-0.1, -0.05) is 0 Å². The van der Waals surface area contributed by atoms with Crippen LogP contribution in [0.5, 0.6) is 0 Å². The number of carbonyl (C=O) groups is 1. The van der Waals surface area contributed by atoms with E-state index in [2.05, 4.69) is 0 Å². The summed E-state index contributed by atoms with van der Waals surface area (Å²) in [6.45, 7) is 0.171. The highest BCUT2D eigenvalue weighted by Crippen LogP contribution is 2.31. The summed E-state index contributed by atoms with van der Waals surface area (Å²) in [7, 11) is 0. The minimum absolute atomic E-state index is 0.0335. The molecule has 0 bridgehead atoms. The van der Waals surface area contributed by atoms with E-state index < -0.39 is 34.8 Å². The maximum Gasteiger partial charge on any atom is 0.254 e. The summed E-state index contributed by atoms with van der Waals surface area (Å²) >= 11 is 1.36. The van der Waals surface area contributed by atoms with E-state index in [0.717, 1.165) is 4.90 Å². The van der Waals surface area contributed by atoms with Gasteiger partial charge in [0.05, 0.1) is 5.56 Å². The molecule has 1 aliphatic heterocycles. The lowest BCUT2D eigenvalue weighted by Gasteiger charge is -2.36. The Morgan fingerprint density at radius 2 is 1.42 bits per heavy atom. The molecule has 1 fully saturated rings. The monoisotopic (exact) mass is 362 g/mol. The SMILES string of the molecule is O=C(c1ccsc1)N1CCN(c2c(F)c(F)c(F)c(F)c2F)CC1. The first kappa shape index (κ1) is 16.7. The number of amides is 1. The summed E-state index contributed by atoms with van der Waals surface area (Å²) in [5, 5.41) is 3.43. The van der Waals surface area contributed by atoms with Crippen LogP contribution in [-0.2, 0) is 0 Å². The second-order valence-electron chi connectivity index (χ2n) is 5.21. The summed E-state index contributed by atoms with van der Waals surface area (Å²) in [6, 6.07) is 1.66. The summed E-state index contributed by atoms with van der Waals surface area (Å²) in [4.78, 5) is 14.7. The number of hydrogen-bond donors (Lipinski definition) is 0. The topological polar surface area (TPSA) is 23.6 Å². The van der Waals surface area contributed by atoms with Gasteiger partial charge in [-0.05, 0) is 11.4 Å². The van der Waals surface area contributed by atoms with E-state index in [1.165, 1.54) is 16.2 Å². The highest BCUT2D eigenvalue weighted by Gasteiger charge is 2.31. The molecule has 0 N–H and O–H groups in total. The van der Waals surface area contributed by atoms with Crippen molar-refractivity contribution >= 4 is 22.9 Å². The molecule has 128 valence electrons. The molecule has 9 heteroatoms. The Bertz CT molecular complexity index is 744. The van der Waals surface area contributed by atoms with Crippen LogP contribution < -0.4 is 4.90 Å². The van der Waals surface area contributed by atoms with E-state index in [1.54, 1.807) is 16.8 Å². The van der Waals surface area contributed by atoms with E-state index in [4.69, 9.17) is 0 Å². The van der Waals surface area contributed by atoms with Crippen molar-refractivity contribution in [3.05, 3.63) is 51.5 Å². The van der Waals surface area contributed by atoms with Gasteiger partial charge in [0.1, 0.15) is 5.69 Å². The number of nitrogens with zero attached hydrogens (tertiary/aromatic N) is 2. The Balaban J connectivity index is 1.79. The van der Waals surface area contributed by atoms with Gasteiger partial charge < -0.3 is 9.80 Å². The molecule has 0 unspecified atom stereocenters. The van der Waals surface area contributed by atoms with Crippen LogP contribution in [0.1, 0.15) is 10.4 Å². The number of rotatable bonds is 2. The average molecular weight is 362 g/mol. The molecule has 1 aromatic carbocycles. The van der Waals surface area contributed by atoms with E-state index in [9.17, 15) is 26.7 Å². The van der Waals surface area contributed by atoms with Crippen molar-refractivity contribution in [2.75, 3.05) is 31.1 Å². The van der Waals surface area contributed by atoms with Gasteiger partial charge in [0.2, 0.25) is 5.82 Å². The Morgan fingerprint density at radius 1 is 0.875 bits per heavy atom. The minimum atomic E-state index is -2.18. The number of benzene rings is 1. The van der Waals surface area contributed by atoms with Crippen molar-refractivity contribution in [1.29, 1.82) is 0 Å². The fourth-order valence-corrected chi connectivity index (χ4v) is 3.20. The van der Waals surface area contributed by atoms with Crippen molar-refractivity contribution in [3.63, 3.8) is 0 Å². The third kappa shape index (κ3) is 2.72. The molecule has 3 nitrogen and oxygen atoms in total. The van der Waals surface area contributed by atoms with Gasteiger partial charge in [0.25, 0.3) is 5.91 Å². The standard InChI is InChI=1S/C15H11F5N2OS/c16-9-10(17)12(19)14(13(20)11(9)18)21-2-4-22(5-3-21)15(23)8-1-6-24-7-8/h1,6-7H,2-5H2. The Morgan fingerprint density at radius 3 is 1.92 bits per heavy atom. The molecule has 1 aromatic heterocycles. The van der Waals surface area contributed by atoms with Crippen LogP contribution in [0, 0.1) is 29.1 Å². The lowest BCUT2D eigenvalue weighted by molar-refractivity contribution is 0.0747. The molecule has 3 rings (SSSR count). The number of piperazine rings is 1. The Hall–Kier alpha value is -2.16. The molecule has 1 amide bonds. The van der Waals surface area contributed by atoms with E-state index in [0.29, 0.717) is 5.56 Å². The first-order chi connectivity index (χ1) is 11.4. The van der Waals surface area contributed by atoms with Gasteiger partial charge in [0.15, 0.2) is 23.3 Å². The molecule has 0 atom stereocenters. The van der Waals surface area contributed by atoms with Gasteiger partial charge in [0, 0.05) is 31.6 Å². The molecule has 0 saturated carbocycles. The van der Waals surface area contributed by atoms with Crippen molar-refractivity contribution in [1.82, 2.24) is 4.90 Å². The molecule has 1 saturated heterocycles. The predicted molar refractivity (Wildman–Crippen MR) is 78.7 cm³/mol. The second-order valence-corrected chi connectivity index (χ2v) is 5.99. The average Bonchev–Trinajstić information content (AvgIpc) is 3.13. The van der Waals surface area contributed by atoms with Crippen LogP contribution in [0.15, 0.2) is 16.8 Å². The third-order valence-electron chi connectivity index (χ3n) is 3.84. The lowest BCUT2D eigenvalue weighted by atomic mass is 10.2. The van der Waals surface area contributed by atoms with Crippen LogP contribution >= 0.6 is 11.3 Å². The second kappa shape index (κ2) is 6.39. The van der Waals surface area contributed by atoms with Crippen LogP contribution in [0.25, 0.3) is 0 Å². The van der Waals surface area contributed by atoms with Crippen LogP contribution in [0.4, 0.5) is 27.6 Å². The first-order valence-corrected chi connectivity index (χ1v) is 7.94. The Labute approximate surface area is 137 Å². The highest BCUT2D eigenvalue weighted by molar-refractivity contribution is 7.08. The van der Waals surface area contributed by atoms with Gasteiger partial charge in [-0.25, -0.2) is 22.0 Å². The number of thiophene rings is 1. The minimum Gasteiger partial charge on any atom is -0.363 e. The molecular formula is C15H11F5N2OS. The van der Waals surface area contributed by atoms with Crippen LogP contribution in [0.3, 0.4) is 0 Å². The van der Waals surface area contributed by atoms with Crippen molar-refractivity contribution in [2.24, 2.45) is 0 Å². The smallest absolute Gasteiger partial charge is 0.254 e. The van der Waals surface area contributed by atoms with Gasteiger partial charge in [-0.2, -0.15) is 11.3 Å². The molecular weight excluding hydrogens is 351 g/mol. The quantitative estimate of drug-likeness (QED) is 0.464. The van der Waals surface area contributed by atoms with Gasteiger partial charge in [-0.15, -0.1) is 0 Å². The van der Waals surface area contributed by atoms with E-state index in [1.807, 2.05) is 0 Å². The van der Waals surface area contributed by atoms with Crippen molar-refractivity contribution < 1.29 is 26.7 Å². The number of carbonyl (C=O) groups excluding carboxylic acids is 1. The molecule has 2 heterocycles. The molecule has 0 aliphatic carbocycles. The maximum absolute atomic E-state index is 13.8. The van der Waals surface area contributed by atoms with E-state index in [-0.39, 0.29) is 32.1 Å². The lowest BCUT2D eigenvalue weighted by Crippen LogP contribution is -2.49. The fourth-order valence-electron chi connectivity index (χ4n) is 2.57. The fraction of sp³-hybridized carbons (Fsp3) is 0.267. The summed E-state index contributed by atoms with van der Waals surface area (Å²) in [6.07, 6.45) is 0. The molecule has 1 aliphatic rings. The Kier molecular flexibility index (Phi) is 4.44. The largest absolute Gasteiger partial charge is 0.363 e. The normalized spacial score (nSPS) is 15.0. The van der Waals surface area contributed by atoms with Crippen molar-refractivity contribution in [2.45, 2.75) is 0 Å². The number of anilines is 1. The van der Waals surface area contributed by atoms with Crippen LogP contribution in [-0.4, -0.2) is 37.0 Å². The summed E-state index contributed by atoms with van der Waals surface area (Å²) in [5.74, 6) is -10.1. The van der Waals surface area contributed by atoms with Gasteiger partial charge >= 0.3 is 0 Å². The van der Waals surface area contributed by atoms with E-state index >= 15 is 0 Å². The van der Waals surface area contributed by atoms with Gasteiger partial charge in [-0.3, -0.25) is 4.79 Å². The molecule has 0 spiro atoms. The first-order valence-electron chi connectivity index (χ1n) is 6.99. The summed E-state index contributed by atoms with van der Waals surface area (Å²) in [5.41, 5.74) is -0.446. The summed E-state index contributed by atoms with van der Waals surface area (Å²) < 4.78 is 67.3. The molecule has 2 aromatic rings. The molecule has 0 radical (unpaired) electrons. The predicted octanol–water partition coefficient (Wildman–Crippen LogP) is 3.41.